The highest BCUT2D eigenvalue weighted by Gasteiger charge is 2.29. The first kappa shape index (κ1) is 25.0. The van der Waals surface area contributed by atoms with Crippen molar-refractivity contribution in [3.8, 4) is 0 Å². The van der Waals surface area contributed by atoms with E-state index in [2.05, 4.69) is 71.5 Å². The fourth-order valence-electron chi connectivity index (χ4n) is 5.17. The van der Waals surface area contributed by atoms with E-state index in [0.717, 1.165) is 0 Å². The smallest absolute Gasteiger partial charge is 0.0759 e. The Morgan fingerprint density at radius 2 is 1.37 bits per heavy atom. The Labute approximate surface area is 186 Å². The molecule has 0 fully saturated rings. The van der Waals surface area contributed by atoms with E-state index in [1.807, 2.05) is 0 Å². The summed E-state index contributed by atoms with van der Waals surface area (Å²) >= 11 is 0. The Hall–Kier alpha value is -1.31. The van der Waals surface area contributed by atoms with Crippen molar-refractivity contribution in [1.29, 1.82) is 0 Å². The number of rotatable bonds is 14. The van der Waals surface area contributed by atoms with E-state index in [0.29, 0.717) is 0 Å². The average Bonchev–Trinajstić information content (AvgIpc) is 3.06. The number of fused-ring (bicyclic) bond motifs is 1. The monoisotopic (exact) mass is 412 g/mol. The van der Waals surface area contributed by atoms with Crippen molar-refractivity contribution in [2.24, 2.45) is 7.05 Å². The third kappa shape index (κ3) is 6.11. The van der Waals surface area contributed by atoms with Gasteiger partial charge in [-0.15, -0.1) is 0 Å². The second kappa shape index (κ2) is 11.3. The van der Waals surface area contributed by atoms with Gasteiger partial charge < -0.3 is 0 Å². The second-order valence-corrected chi connectivity index (χ2v) is 10.5. The van der Waals surface area contributed by atoms with Crippen molar-refractivity contribution >= 4 is 10.9 Å². The van der Waals surface area contributed by atoms with Crippen molar-refractivity contribution in [2.75, 3.05) is 0 Å². The Bertz CT molecular complexity index is 756. The quantitative estimate of drug-likeness (QED) is 0.283. The molecular weight excluding hydrogens is 364 g/mol. The van der Waals surface area contributed by atoms with Gasteiger partial charge in [0.05, 0.1) is 11.2 Å². The van der Waals surface area contributed by atoms with Crippen LogP contribution in [0.15, 0.2) is 18.2 Å². The molecule has 1 aromatic heterocycles. The minimum Gasteiger partial charge on any atom is -0.268 e. The first-order valence-corrected chi connectivity index (χ1v) is 12.8. The van der Waals surface area contributed by atoms with Gasteiger partial charge in [0.1, 0.15) is 0 Å². The molecule has 1 aromatic carbocycles. The molecule has 0 aliphatic carbocycles. The summed E-state index contributed by atoms with van der Waals surface area (Å²) in [4.78, 5) is 0. The van der Waals surface area contributed by atoms with Gasteiger partial charge in [0.15, 0.2) is 0 Å². The van der Waals surface area contributed by atoms with Crippen molar-refractivity contribution in [3.63, 3.8) is 0 Å². The van der Waals surface area contributed by atoms with Gasteiger partial charge in [0, 0.05) is 17.8 Å². The molecule has 0 aliphatic heterocycles. The van der Waals surface area contributed by atoms with E-state index in [1.165, 1.54) is 99.2 Å². The van der Waals surface area contributed by atoms with E-state index < -0.39 is 0 Å². The van der Waals surface area contributed by atoms with Gasteiger partial charge in [-0.2, -0.15) is 5.10 Å². The van der Waals surface area contributed by atoms with Gasteiger partial charge in [-0.3, -0.25) is 4.68 Å². The molecular formula is C28H48N2. The highest BCUT2D eigenvalue weighted by atomic mass is 15.3. The van der Waals surface area contributed by atoms with Crippen LogP contribution in [-0.2, 0) is 17.9 Å². The minimum absolute atomic E-state index is 0.124. The van der Waals surface area contributed by atoms with Gasteiger partial charge in [0.25, 0.3) is 0 Å². The molecule has 2 nitrogen and oxygen atoms in total. The molecule has 0 atom stereocenters. The summed E-state index contributed by atoms with van der Waals surface area (Å²) in [5, 5.41) is 6.34. The zero-order valence-corrected chi connectivity index (χ0v) is 21.1. The van der Waals surface area contributed by atoms with Crippen LogP contribution in [-0.4, -0.2) is 9.78 Å². The van der Waals surface area contributed by atoms with Crippen molar-refractivity contribution < 1.29 is 0 Å². The van der Waals surface area contributed by atoms with Gasteiger partial charge in [0.2, 0.25) is 0 Å². The van der Waals surface area contributed by atoms with Crippen molar-refractivity contribution in [3.05, 3.63) is 29.5 Å². The predicted molar refractivity (Wildman–Crippen MR) is 134 cm³/mol. The first-order valence-electron chi connectivity index (χ1n) is 12.8. The molecule has 0 saturated carbocycles. The van der Waals surface area contributed by atoms with Crippen LogP contribution in [0.2, 0.25) is 0 Å². The van der Waals surface area contributed by atoms with Crippen LogP contribution in [0, 0.1) is 0 Å². The topological polar surface area (TPSA) is 17.8 Å². The lowest BCUT2D eigenvalue weighted by Crippen LogP contribution is -2.22. The normalized spacial score (nSPS) is 12.8. The van der Waals surface area contributed by atoms with E-state index >= 15 is 0 Å². The Balaban J connectivity index is 2.35. The number of hydrogen-bond acceptors (Lipinski definition) is 1. The molecule has 2 aromatic rings. The van der Waals surface area contributed by atoms with Gasteiger partial charge in [-0.25, -0.2) is 0 Å². The molecule has 0 radical (unpaired) electrons. The molecule has 170 valence electrons. The van der Waals surface area contributed by atoms with Crippen molar-refractivity contribution in [2.45, 2.75) is 129 Å². The average molecular weight is 413 g/mol. The molecule has 2 rings (SSSR count). The molecule has 0 amide bonds. The van der Waals surface area contributed by atoms with E-state index in [4.69, 9.17) is 5.10 Å². The summed E-state index contributed by atoms with van der Waals surface area (Å²) in [6.45, 7) is 14.1. The maximum absolute atomic E-state index is 4.99. The van der Waals surface area contributed by atoms with Gasteiger partial charge >= 0.3 is 0 Å². The summed E-state index contributed by atoms with van der Waals surface area (Å²) in [5.74, 6) is 0. The fraction of sp³-hybridized carbons (Fsp3) is 0.750. The lowest BCUT2D eigenvalue weighted by molar-refractivity contribution is 0.364. The fourth-order valence-corrected chi connectivity index (χ4v) is 5.17. The van der Waals surface area contributed by atoms with Crippen molar-refractivity contribution in [1.82, 2.24) is 9.78 Å². The third-order valence-corrected chi connectivity index (χ3v) is 7.23. The summed E-state index contributed by atoms with van der Waals surface area (Å²) < 4.78 is 2.13. The van der Waals surface area contributed by atoms with Crippen LogP contribution in [0.25, 0.3) is 10.9 Å². The number of aromatic nitrogens is 2. The second-order valence-electron chi connectivity index (χ2n) is 10.5. The molecule has 0 bridgehead atoms. The van der Waals surface area contributed by atoms with Crippen LogP contribution in [0.3, 0.4) is 0 Å². The largest absolute Gasteiger partial charge is 0.268 e. The van der Waals surface area contributed by atoms with E-state index in [-0.39, 0.29) is 10.8 Å². The predicted octanol–water partition coefficient (Wildman–Crippen LogP) is 8.85. The SMILES string of the molecule is CCCCCCC(C)(CCCCCC)c1ccc2c(C(C)(C)CCC)nn(C)c2c1. The summed E-state index contributed by atoms with van der Waals surface area (Å²) in [6, 6.07) is 7.27. The maximum atomic E-state index is 4.99. The molecule has 0 aliphatic rings. The molecule has 0 N–H and O–H groups in total. The number of benzene rings is 1. The Morgan fingerprint density at radius 3 is 1.90 bits per heavy atom. The molecule has 0 spiro atoms. The number of aryl methyl sites for hydroxylation is 1. The minimum atomic E-state index is 0.124. The number of nitrogens with zero attached hydrogens (tertiary/aromatic N) is 2. The van der Waals surface area contributed by atoms with E-state index in [1.54, 1.807) is 0 Å². The highest BCUT2D eigenvalue weighted by Crippen LogP contribution is 2.39. The lowest BCUT2D eigenvalue weighted by atomic mass is 9.73. The molecule has 0 saturated heterocycles. The Morgan fingerprint density at radius 1 is 0.767 bits per heavy atom. The maximum Gasteiger partial charge on any atom is 0.0759 e. The summed E-state index contributed by atoms with van der Waals surface area (Å²) in [7, 11) is 2.12. The number of hydrogen-bond donors (Lipinski definition) is 0. The van der Waals surface area contributed by atoms with Gasteiger partial charge in [-0.05, 0) is 36.3 Å². The molecule has 1 heterocycles. The van der Waals surface area contributed by atoms with Crippen LogP contribution in [0.4, 0.5) is 0 Å². The third-order valence-electron chi connectivity index (χ3n) is 7.23. The molecule has 2 heteroatoms. The Kier molecular flexibility index (Phi) is 9.44. The lowest BCUT2D eigenvalue weighted by Gasteiger charge is -2.31. The zero-order valence-electron chi connectivity index (χ0n) is 21.1. The standard InChI is InChI=1S/C28H48N2/c1-8-11-13-15-20-28(6,21-16-14-12-9-2)23-17-18-24-25(22-23)30(7)29-26(24)27(4,5)19-10-3/h17-18,22H,8-16,19-21H2,1-7H3. The zero-order chi connectivity index (χ0) is 22.2. The van der Waals surface area contributed by atoms with Crippen LogP contribution >= 0.6 is 0 Å². The van der Waals surface area contributed by atoms with Crippen LogP contribution in [0.1, 0.15) is 130 Å². The summed E-state index contributed by atoms with van der Waals surface area (Å²) in [5.41, 5.74) is 4.49. The number of unbranched alkanes of at least 4 members (excludes halogenated alkanes) is 6. The van der Waals surface area contributed by atoms with E-state index in [9.17, 15) is 0 Å². The summed E-state index contributed by atoms with van der Waals surface area (Å²) in [6.07, 6.45) is 15.7. The molecule has 30 heavy (non-hydrogen) atoms. The van der Waals surface area contributed by atoms with Crippen LogP contribution in [0.5, 0.6) is 0 Å². The molecule has 0 unspecified atom stereocenters. The highest BCUT2D eigenvalue weighted by molar-refractivity contribution is 5.84. The van der Waals surface area contributed by atoms with Crippen LogP contribution < -0.4 is 0 Å². The van der Waals surface area contributed by atoms with Gasteiger partial charge in [-0.1, -0.05) is 111 Å². The first-order chi connectivity index (χ1) is 14.3.